The molecule has 0 unspecified atom stereocenters. The van der Waals surface area contributed by atoms with Gasteiger partial charge < -0.3 is 24.0 Å². The van der Waals surface area contributed by atoms with Gasteiger partial charge in [-0.2, -0.15) is 0 Å². The molecule has 74 heavy (non-hydrogen) atoms. The lowest BCUT2D eigenvalue weighted by molar-refractivity contribution is 0.590. The van der Waals surface area contributed by atoms with Crippen LogP contribution >= 0.6 is 11.3 Å². The molecule has 0 atom stereocenters. The third-order valence-electron chi connectivity index (χ3n) is 16.1. The Morgan fingerprint density at radius 3 is 1.49 bits per heavy atom. The van der Waals surface area contributed by atoms with Gasteiger partial charge in [-0.15, -0.1) is 11.3 Å². The van der Waals surface area contributed by atoms with E-state index in [1.165, 1.54) is 104 Å². The molecule has 354 valence electrons. The largest absolute Gasteiger partial charge is 0.468 e. The number of aryl methyl sites for hydroxylation is 4. The fraction of sp³-hybridized carbons (Fsp3) is 0.121. The predicted molar refractivity (Wildman–Crippen MR) is 317 cm³/mol. The Morgan fingerprint density at radius 1 is 0.405 bits per heavy atom. The van der Waals surface area contributed by atoms with E-state index in [-0.39, 0.29) is 18.8 Å². The Bertz CT molecular complexity index is 4140. The normalized spacial score (nSPS) is 14.0. The molecule has 0 fully saturated rings. The van der Waals surface area contributed by atoms with E-state index in [0.717, 1.165) is 45.1 Å². The molecule has 4 aliphatic rings. The van der Waals surface area contributed by atoms with Crippen LogP contribution in [0.15, 0.2) is 192 Å². The summed E-state index contributed by atoms with van der Waals surface area (Å²) in [6, 6.07) is 71.0. The Balaban J connectivity index is 1.08. The summed E-state index contributed by atoms with van der Waals surface area (Å²) in [4.78, 5) is 10.2. The summed E-state index contributed by atoms with van der Waals surface area (Å²) in [5.41, 5.74) is 27.2. The standard InChI is InChI=1S/C66H52B2N4OS/c1-39-21-27-46(28-22-39)71-56-35-41(3)33-54-60(56)67(64-62(71)48-17-11-13-19-58(48)73-64)50-37-51-53(38-52(50)70(54)45-31-25-43(26-32-45)66(5,6)7)69(44-15-9-8-10-16-44)55-34-42(4)36-57-61(55)68(51)65-63(49-18-12-14-20-59(49)74-65)72(57)47-29-23-40(2)24-30-47/h8-38H,1-7H3. The van der Waals surface area contributed by atoms with Crippen LogP contribution < -0.4 is 51.9 Å². The molecule has 0 spiro atoms. The molecule has 15 rings (SSSR count). The second kappa shape index (κ2) is 15.7. The third-order valence-corrected chi connectivity index (χ3v) is 17.4. The van der Waals surface area contributed by atoms with Crippen LogP contribution in [0.5, 0.6) is 0 Å². The molecule has 0 saturated heterocycles. The number of para-hydroxylation sites is 2. The number of rotatable bonds is 4. The zero-order chi connectivity index (χ0) is 49.9. The number of hydrogen-bond acceptors (Lipinski definition) is 6. The number of fused-ring (bicyclic) bond motifs is 12. The summed E-state index contributed by atoms with van der Waals surface area (Å²) in [5.74, 6) is 0. The summed E-state index contributed by atoms with van der Waals surface area (Å²) < 4.78 is 10.0. The highest BCUT2D eigenvalue weighted by Crippen LogP contribution is 2.52. The number of hydrogen-bond donors (Lipinski definition) is 0. The Hall–Kier alpha value is -8.19. The summed E-state index contributed by atoms with van der Waals surface area (Å²) in [7, 11) is 0. The highest BCUT2D eigenvalue weighted by Gasteiger charge is 2.51. The van der Waals surface area contributed by atoms with Gasteiger partial charge in [0.2, 0.25) is 0 Å². The Kier molecular flexibility index (Phi) is 9.18. The van der Waals surface area contributed by atoms with Crippen LogP contribution in [0, 0.1) is 27.7 Å². The van der Waals surface area contributed by atoms with E-state index in [9.17, 15) is 0 Å². The molecule has 0 amide bonds. The van der Waals surface area contributed by atoms with Gasteiger partial charge in [-0.05, 0) is 169 Å². The first kappa shape index (κ1) is 43.4. The first-order valence-electron chi connectivity index (χ1n) is 26.0. The minimum atomic E-state index is -0.214. The second-order valence-electron chi connectivity index (χ2n) is 22.0. The molecule has 0 N–H and O–H groups in total. The SMILES string of the molecule is Cc1ccc(N2c3cc(C)cc4c3B(c3cc5c(cc3N4c3ccc(C(C)(C)C)cc3)N(c3ccccc3)c3cc(C)cc4c3B5c3sc5ccccc5c3N4c3ccc(C)cc3)c3oc4ccccc4c32)cc1. The van der Waals surface area contributed by atoms with Crippen molar-refractivity contribution in [1.29, 1.82) is 0 Å². The molecule has 0 saturated carbocycles. The number of nitrogens with zero attached hydrogens (tertiary/aromatic N) is 4. The molecule has 2 aromatic heterocycles. The van der Waals surface area contributed by atoms with Crippen LogP contribution in [0.3, 0.4) is 0 Å². The lowest BCUT2D eigenvalue weighted by Gasteiger charge is -2.46. The van der Waals surface area contributed by atoms with Crippen LogP contribution in [-0.4, -0.2) is 13.4 Å². The second-order valence-corrected chi connectivity index (χ2v) is 23.1. The molecule has 6 heterocycles. The molecule has 11 aromatic rings. The number of thiophene rings is 1. The van der Waals surface area contributed by atoms with Crippen LogP contribution in [0.2, 0.25) is 0 Å². The van der Waals surface area contributed by atoms with E-state index in [0.29, 0.717) is 0 Å². The zero-order valence-corrected chi connectivity index (χ0v) is 43.5. The van der Waals surface area contributed by atoms with E-state index in [1.54, 1.807) is 0 Å². The van der Waals surface area contributed by atoms with Gasteiger partial charge in [0.1, 0.15) is 5.58 Å². The van der Waals surface area contributed by atoms with Crippen LogP contribution in [0.1, 0.15) is 48.6 Å². The summed E-state index contributed by atoms with van der Waals surface area (Å²) in [5, 5.41) is 2.39. The lowest BCUT2D eigenvalue weighted by atomic mass is 9.32. The van der Waals surface area contributed by atoms with E-state index >= 15 is 0 Å². The maximum absolute atomic E-state index is 7.38. The quantitative estimate of drug-likeness (QED) is 0.164. The van der Waals surface area contributed by atoms with Crippen molar-refractivity contribution in [3.8, 4) is 0 Å². The molecule has 0 radical (unpaired) electrons. The van der Waals surface area contributed by atoms with Crippen molar-refractivity contribution >= 4 is 146 Å². The van der Waals surface area contributed by atoms with Gasteiger partial charge in [-0.3, -0.25) is 0 Å². The van der Waals surface area contributed by atoms with Crippen molar-refractivity contribution in [1.82, 2.24) is 0 Å². The number of anilines is 12. The molecule has 9 aromatic carbocycles. The molecule has 0 aliphatic carbocycles. The first-order valence-corrected chi connectivity index (χ1v) is 26.8. The van der Waals surface area contributed by atoms with E-state index in [4.69, 9.17) is 4.42 Å². The average Bonchev–Trinajstić information content (AvgIpc) is 4.01. The van der Waals surface area contributed by atoms with Crippen molar-refractivity contribution in [2.24, 2.45) is 0 Å². The van der Waals surface area contributed by atoms with E-state index in [1.807, 2.05) is 11.3 Å². The van der Waals surface area contributed by atoms with Gasteiger partial charge in [0, 0.05) is 77.1 Å². The Labute approximate surface area is 437 Å². The van der Waals surface area contributed by atoms with Crippen molar-refractivity contribution in [3.63, 3.8) is 0 Å². The summed E-state index contributed by atoms with van der Waals surface area (Å²) in [6.45, 7) is 15.5. The van der Waals surface area contributed by atoms with Gasteiger partial charge in [0.25, 0.3) is 13.4 Å². The summed E-state index contributed by atoms with van der Waals surface area (Å²) >= 11 is 1.95. The van der Waals surface area contributed by atoms with Crippen molar-refractivity contribution in [3.05, 3.63) is 216 Å². The third kappa shape index (κ3) is 6.18. The Morgan fingerprint density at radius 2 is 0.878 bits per heavy atom. The molecular formula is C66H52B2N4OS. The van der Waals surface area contributed by atoms with E-state index < -0.39 is 0 Å². The monoisotopic (exact) mass is 970 g/mol. The van der Waals surface area contributed by atoms with Gasteiger partial charge in [0.05, 0.1) is 17.0 Å². The smallest absolute Gasteiger partial charge is 0.297 e. The highest BCUT2D eigenvalue weighted by atomic mass is 32.1. The van der Waals surface area contributed by atoms with E-state index in [2.05, 4.69) is 256 Å². The van der Waals surface area contributed by atoms with Crippen molar-refractivity contribution < 1.29 is 4.42 Å². The first-order chi connectivity index (χ1) is 36.0. The fourth-order valence-electron chi connectivity index (χ4n) is 12.8. The highest BCUT2D eigenvalue weighted by molar-refractivity contribution is 7.33. The minimum absolute atomic E-state index is 0.00171. The minimum Gasteiger partial charge on any atom is -0.468 e. The maximum Gasteiger partial charge on any atom is 0.297 e. The molecule has 5 nitrogen and oxygen atoms in total. The molecule has 8 heteroatoms. The predicted octanol–water partition coefficient (Wildman–Crippen LogP) is 14.3. The fourth-order valence-corrected chi connectivity index (χ4v) is 14.1. The topological polar surface area (TPSA) is 26.1 Å². The molecule has 0 bridgehead atoms. The lowest BCUT2D eigenvalue weighted by Crippen LogP contribution is -2.64. The zero-order valence-electron chi connectivity index (χ0n) is 42.7. The van der Waals surface area contributed by atoms with Gasteiger partial charge in [0.15, 0.2) is 0 Å². The summed E-state index contributed by atoms with van der Waals surface area (Å²) in [6.07, 6.45) is 0. The maximum atomic E-state index is 7.38. The average molecular weight is 971 g/mol. The number of benzene rings is 9. The van der Waals surface area contributed by atoms with Crippen molar-refractivity contribution in [2.75, 3.05) is 19.6 Å². The van der Waals surface area contributed by atoms with Gasteiger partial charge in [-0.1, -0.05) is 123 Å². The molecule has 4 aliphatic heterocycles. The van der Waals surface area contributed by atoms with Gasteiger partial charge >= 0.3 is 0 Å². The number of furan rings is 1. The van der Waals surface area contributed by atoms with Crippen molar-refractivity contribution in [2.45, 2.75) is 53.9 Å². The van der Waals surface area contributed by atoms with Crippen LogP contribution in [0.25, 0.3) is 21.1 Å². The van der Waals surface area contributed by atoms with Crippen LogP contribution in [0.4, 0.5) is 68.2 Å². The van der Waals surface area contributed by atoms with Crippen LogP contribution in [-0.2, 0) is 5.41 Å². The van der Waals surface area contributed by atoms with Gasteiger partial charge in [-0.25, -0.2) is 0 Å². The molecular weight excluding hydrogens is 918 g/mol.